The summed E-state index contributed by atoms with van der Waals surface area (Å²) in [6.45, 7) is 1.98. The number of alkyl halides is 3. The third-order valence-corrected chi connectivity index (χ3v) is 2.29. The van der Waals surface area contributed by atoms with E-state index in [-0.39, 0.29) is 18.1 Å². The highest BCUT2D eigenvalue weighted by Crippen LogP contribution is 2.35. The van der Waals surface area contributed by atoms with Crippen LogP contribution in [0.2, 0.25) is 0 Å². The van der Waals surface area contributed by atoms with E-state index in [0.29, 0.717) is 3.57 Å². The predicted molar refractivity (Wildman–Crippen MR) is 57.0 cm³/mol. The van der Waals surface area contributed by atoms with Crippen LogP contribution in [0.5, 0.6) is 11.5 Å². The van der Waals surface area contributed by atoms with Crippen molar-refractivity contribution >= 4 is 22.6 Å². The molecule has 0 atom stereocenters. The monoisotopic (exact) mass is 332 g/mol. The molecule has 0 amide bonds. The van der Waals surface area contributed by atoms with Crippen molar-refractivity contribution in [1.29, 1.82) is 0 Å². The van der Waals surface area contributed by atoms with Crippen molar-refractivity contribution in [3.8, 4) is 11.5 Å². The number of rotatable bonds is 3. The Labute approximate surface area is 98.5 Å². The van der Waals surface area contributed by atoms with E-state index in [4.69, 9.17) is 4.74 Å². The van der Waals surface area contributed by atoms with Crippen LogP contribution in [0.15, 0.2) is 18.2 Å². The summed E-state index contributed by atoms with van der Waals surface area (Å²) >= 11 is 1.89. The maximum atomic E-state index is 12.0. The number of para-hydroxylation sites is 1. The first-order chi connectivity index (χ1) is 6.94. The van der Waals surface area contributed by atoms with Gasteiger partial charge in [0.2, 0.25) is 0 Å². The average Bonchev–Trinajstić information content (AvgIpc) is 2.08. The van der Waals surface area contributed by atoms with Crippen molar-refractivity contribution in [1.82, 2.24) is 0 Å². The Kier molecular flexibility index (Phi) is 4.06. The van der Waals surface area contributed by atoms with Crippen LogP contribution < -0.4 is 9.47 Å². The molecular weight excluding hydrogens is 324 g/mol. The molecule has 0 heterocycles. The van der Waals surface area contributed by atoms with E-state index < -0.39 is 6.36 Å². The molecule has 1 aromatic carbocycles. The minimum absolute atomic E-state index is 0.123. The van der Waals surface area contributed by atoms with E-state index >= 15 is 0 Å². The van der Waals surface area contributed by atoms with Gasteiger partial charge in [0.1, 0.15) is 0 Å². The summed E-state index contributed by atoms with van der Waals surface area (Å²) in [5.74, 6) is -0.186. The SMILES string of the molecule is CCOc1c(I)cccc1OC(F)(F)F. The molecule has 6 heteroatoms. The smallest absolute Gasteiger partial charge is 0.489 e. The summed E-state index contributed by atoms with van der Waals surface area (Å²) in [7, 11) is 0. The van der Waals surface area contributed by atoms with Gasteiger partial charge < -0.3 is 9.47 Å². The minimum atomic E-state index is -4.70. The summed E-state index contributed by atoms with van der Waals surface area (Å²) in [4.78, 5) is 0. The topological polar surface area (TPSA) is 18.5 Å². The van der Waals surface area contributed by atoms with Crippen LogP contribution in [0.4, 0.5) is 13.2 Å². The summed E-state index contributed by atoms with van der Waals surface area (Å²) in [5, 5.41) is 0. The standard InChI is InChI=1S/C9H8F3IO2/c1-2-14-8-6(13)4-3-5-7(8)15-9(10,11)12/h3-5H,2H2,1H3. The van der Waals surface area contributed by atoms with Crippen molar-refractivity contribution < 1.29 is 22.6 Å². The van der Waals surface area contributed by atoms with E-state index in [1.165, 1.54) is 12.1 Å². The van der Waals surface area contributed by atoms with Gasteiger partial charge in [-0.1, -0.05) is 6.07 Å². The maximum Gasteiger partial charge on any atom is 0.573 e. The van der Waals surface area contributed by atoms with Gasteiger partial charge in [0.05, 0.1) is 10.2 Å². The Morgan fingerprint density at radius 3 is 2.53 bits per heavy atom. The highest BCUT2D eigenvalue weighted by molar-refractivity contribution is 14.1. The number of hydrogen-bond acceptors (Lipinski definition) is 2. The molecule has 0 aliphatic heterocycles. The number of halogens is 4. The Morgan fingerprint density at radius 2 is 2.00 bits per heavy atom. The van der Waals surface area contributed by atoms with E-state index in [0.717, 1.165) is 0 Å². The van der Waals surface area contributed by atoms with Gasteiger partial charge in [-0.15, -0.1) is 13.2 Å². The highest BCUT2D eigenvalue weighted by atomic mass is 127. The van der Waals surface area contributed by atoms with Gasteiger partial charge in [0.15, 0.2) is 11.5 Å². The lowest BCUT2D eigenvalue weighted by Gasteiger charge is -2.14. The molecule has 0 aliphatic carbocycles. The third-order valence-electron chi connectivity index (χ3n) is 1.45. The second kappa shape index (κ2) is 4.91. The molecule has 0 fully saturated rings. The first kappa shape index (κ1) is 12.4. The zero-order chi connectivity index (χ0) is 11.5. The molecule has 0 N–H and O–H groups in total. The van der Waals surface area contributed by atoms with E-state index in [2.05, 4.69) is 4.74 Å². The lowest BCUT2D eigenvalue weighted by molar-refractivity contribution is -0.275. The average molecular weight is 332 g/mol. The number of hydrogen-bond donors (Lipinski definition) is 0. The van der Waals surface area contributed by atoms with Gasteiger partial charge in [-0.05, 0) is 41.6 Å². The van der Waals surface area contributed by atoms with Gasteiger partial charge in [-0.25, -0.2) is 0 Å². The fraction of sp³-hybridized carbons (Fsp3) is 0.333. The second-order valence-electron chi connectivity index (χ2n) is 2.55. The van der Waals surface area contributed by atoms with Crippen LogP contribution in [0.3, 0.4) is 0 Å². The minimum Gasteiger partial charge on any atom is -0.489 e. The van der Waals surface area contributed by atoms with Crippen molar-refractivity contribution in [3.05, 3.63) is 21.8 Å². The van der Waals surface area contributed by atoms with Crippen LogP contribution in [0.1, 0.15) is 6.92 Å². The second-order valence-corrected chi connectivity index (χ2v) is 3.71. The first-order valence-electron chi connectivity index (χ1n) is 4.11. The molecule has 1 rings (SSSR count). The molecule has 0 unspecified atom stereocenters. The lowest BCUT2D eigenvalue weighted by atomic mass is 10.3. The first-order valence-corrected chi connectivity index (χ1v) is 5.19. The normalized spacial score (nSPS) is 11.3. The van der Waals surface area contributed by atoms with Crippen molar-refractivity contribution in [2.24, 2.45) is 0 Å². The largest absolute Gasteiger partial charge is 0.573 e. The molecule has 0 aliphatic rings. The lowest BCUT2D eigenvalue weighted by Crippen LogP contribution is -2.18. The molecule has 0 radical (unpaired) electrons. The fourth-order valence-electron chi connectivity index (χ4n) is 0.979. The molecule has 84 valence electrons. The quantitative estimate of drug-likeness (QED) is 0.788. The Balaban J connectivity index is 3.00. The van der Waals surface area contributed by atoms with E-state index in [1.54, 1.807) is 13.0 Å². The molecular formula is C9H8F3IO2. The van der Waals surface area contributed by atoms with Gasteiger partial charge >= 0.3 is 6.36 Å². The van der Waals surface area contributed by atoms with Crippen LogP contribution in [0, 0.1) is 3.57 Å². The molecule has 15 heavy (non-hydrogen) atoms. The zero-order valence-electron chi connectivity index (χ0n) is 7.77. The Morgan fingerprint density at radius 1 is 1.33 bits per heavy atom. The molecule has 0 spiro atoms. The number of ether oxygens (including phenoxy) is 2. The van der Waals surface area contributed by atoms with Crippen molar-refractivity contribution in [2.45, 2.75) is 13.3 Å². The number of benzene rings is 1. The van der Waals surface area contributed by atoms with Gasteiger partial charge in [0.25, 0.3) is 0 Å². The zero-order valence-corrected chi connectivity index (χ0v) is 9.93. The molecule has 0 saturated carbocycles. The van der Waals surface area contributed by atoms with Gasteiger partial charge in [0, 0.05) is 0 Å². The summed E-state index contributed by atoms with van der Waals surface area (Å²) < 4.78 is 45.5. The van der Waals surface area contributed by atoms with Crippen LogP contribution in [-0.4, -0.2) is 13.0 Å². The van der Waals surface area contributed by atoms with E-state index in [9.17, 15) is 13.2 Å². The summed E-state index contributed by atoms with van der Waals surface area (Å²) in [5.41, 5.74) is 0. The van der Waals surface area contributed by atoms with Crippen LogP contribution >= 0.6 is 22.6 Å². The van der Waals surface area contributed by atoms with Crippen molar-refractivity contribution in [3.63, 3.8) is 0 Å². The highest BCUT2D eigenvalue weighted by Gasteiger charge is 2.32. The Hall–Kier alpha value is -0.660. The summed E-state index contributed by atoms with van der Waals surface area (Å²) in [6, 6.07) is 4.35. The van der Waals surface area contributed by atoms with Gasteiger partial charge in [-0.2, -0.15) is 0 Å². The molecule has 1 aromatic rings. The molecule has 2 nitrogen and oxygen atoms in total. The van der Waals surface area contributed by atoms with Crippen molar-refractivity contribution in [2.75, 3.05) is 6.61 Å². The van der Waals surface area contributed by atoms with E-state index in [1.807, 2.05) is 22.6 Å². The fourth-order valence-corrected chi connectivity index (χ4v) is 1.61. The third kappa shape index (κ3) is 3.77. The molecule has 0 bridgehead atoms. The summed E-state index contributed by atoms with van der Waals surface area (Å²) in [6.07, 6.45) is -4.70. The Bertz CT molecular complexity index is 339. The van der Waals surface area contributed by atoms with Crippen LogP contribution in [0.25, 0.3) is 0 Å². The van der Waals surface area contributed by atoms with Crippen LogP contribution in [-0.2, 0) is 0 Å². The molecule has 0 aromatic heterocycles. The predicted octanol–water partition coefficient (Wildman–Crippen LogP) is 3.59. The van der Waals surface area contributed by atoms with Gasteiger partial charge in [-0.3, -0.25) is 0 Å². The maximum absolute atomic E-state index is 12.0. The molecule has 0 saturated heterocycles.